The number of methoxy groups -OCH3 is 2. The van der Waals surface area contributed by atoms with Gasteiger partial charge in [0, 0.05) is 63.2 Å². The molecule has 3 aromatic rings. The highest BCUT2D eigenvalue weighted by atomic mass is 16.5. The van der Waals surface area contributed by atoms with Crippen molar-refractivity contribution in [3.05, 3.63) is 78.1 Å². The topological polar surface area (TPSA) is 46.9 Å². The fourth-order valence-electron chi connectivity index (χ4n) is 5.86. The third kappa shape index (κ3) is 3.71. The number of carbonyl (C=O) groups is 1. The Bertz CT molecular complexity index is 1140. The summed E-state index contributed by atoms with van der Waals surface area (Å²) in [6.45, 7) is 3.91. The largest absolute Gasteiger partial charge is 0.497 e. The van der Waals surface area contributed by atoms with E-state index in [1.165, 1.54) is 0 Å². The molecule has 2 unspecified atom stereocenters. The number of aromatic nitrogens is 1. The van der Waals surface area contributed by atoms with Gasteiger partial charge in [-0.15, -0.1) is 0 Å². The van der Waals surface area contributed by atoms with Gasteiger partial charge in [0.1, 0.15) is 5.75 Å². The van der Waals surface area contributed by atoms with Crippen LogP contribution in [0.4, 0.5) is 0 Å². The first-order chi connectivity index (χ1) is 16.6. The molecule has 0 spiro atoms. The minimum absolute atomic E-state index is 0.0247. The van der Waals surface area contributed by atoms with Crippen LogP contribution in [0.3, 0.4) is 0 Å². The lowest BCUT2D eigenvalue weighted by molar-refractivity contribution is -0.159. The van der Waals surface area contributed by atoms with E-state index in [-0.39, 0.29) is 11.8 Å². The number of hydrogen-bond donors (Lipinski definition) is 0. The lowest BCUT2D eigenvalue weighted by Gasteiger charge is -2.46. The van der Waals surface area contributed by atoms with E-state index in [4.69, 9.17) is 9.47 Å². The Morgan fingerprint density at radius 2 is 1.71 bits per heavy atom. The number of fused-ring (bicyclic) bond motifs is 1. The summed E-state index contributed by atoms with van der Waals surface area (Å²) in [7, 11) is 5.31. The van der Waals surface area contributed by atoms with Gasteiger partial charge in [0.2, 0.25) is 0 Å². The van der Waals surface area contributed by atoms with Gasteiger partial charge in [0.05, 0.1) is 7.11 Å². The van der Waals surface area contributed by atoms with Gasteiger partial charge < -0.3 is 23.8 Å². The number of nitrogens with zero attached hydrogens (tertiary/aromatic N) is 3. The number of hydrogen-bond acceptors (Lipinski definition) is 4. The highest BCUT2D eigenvalue weighted by Crippen LogP contribution is 2.50. The van der Waals surface area contributed by atoms with E-state index in [0.717, 1.165) is 67.0 Å². The molecule has 2 atom stereocenters. The van der Waals surface area contributed by atoms with Crippen LogP contribution in [0.15, 0.2) is 67.0 Å². The fourth-order valence-corrected chi connectivity index (χ4v) is 5.86. The molecule has 34 heavy (non-hydrogen) atoms. The van der Waals surface area contributed by atoms with Crippen LogP contribution in [-0.2, 0) is 17.0 Å². The van der Waals surface area contributed by atoms with Crippen LogP contribution in [0.25, 0.3) is 11.1 Å². The van der Waals surface area contributed by atoms with E-state index >= 15 is 0 Å². The van der Waals surface area contributed by atoms with Crippen molar-refractivity contribution in [3.8, 4) is 16.9 Å². The molecule has 0 radical (unpaired) electrons. The molecule has 1 amide bonds. The maximum Gasteiger partial charge on any atom is 0.256 e. The molecular weight excluding hydrogens is 426 g/mol. The van der Waals surface area contributed by atoms with Gasteiger partial charge in [-0.25, -0.2) is 0 Å². The summed E-state index contributed by atoms with van der Waals surface area (Å²) in [5, 5.41) is 0. The SMILES string of the molecule is COc1ccc(-c2cccc3c2C(OC)(C2CCCN(CCn4cccc4)C2)N(C)C3=O)cc1. The number of piperidine rings is 1. The Morgan fingerprint density at radius 1 is 0.971 bits per heavy atom. The molecule has 2 aliphatic heterocycles. The maximum absolute atomic E-state index is 13.5. The quantitative estimate of drug-likeness (QED) is 0.523. The molecule has 2 aliphatic rings. The molecule has 0 bridgehead atoms. The predicted molar refractivity (Wildman–Crippen MR) is 133 cm³/mol. The smallest absolute Gasteiger partial charge is 0.256 e. The Balaban J connectivity index is 1.52. The zero-order chi connectivity index (χ0) is 23.7. The van der Waals surface area contributed by atoms with Crippen LogP contribution in [0.1, 0.15) is 28.8 Å². The van der Waals surface area contributed by atoms with Crippen LogP contribution in [0.2, 0.25) is 0 Å². The molecule has 5 rings (SSSR count). The number of benzene rings is 2. The monoisotopic (exact) mass is 459 g/mol. The second-order valence-corrected chi connectivity index (χ2v) is 9.28. The highest BCUT2D eigenvalue weighted by Gasteiger charge is 2.55. The molecule has 0 N–H and O–H groups in total. The number of rotatable bonds is 7. The third-order valence-corrected chi connectivity index (χ3v) is 7.57. The molecule has 1 saturated heterocycles. The molecule has 6 nitrogen and oxygen atoms in total. The standard InChI is InChI=1S/C28H33N3O3/c1-29-27(32)25-10-6-9-24(21-11-13-23(33-2)14-12-21)26(25)28(29,34-3)22-8-7-17-31(20-22)19-18-30-15-4-5-16-30/h4-6,9-16,22H,7-8,17-20H2,1-3H3. The van der Waals surface area contributed by atoms with Crippen LogP contribution in [0, 0.1) is 5.92 Å². The highest BCUT2D eigenvalue weighted by molar-refractivity contribution is 6.02. The summed E-state index contributed by atoms with van der Waals surface area (Å²) in [5.41, 5.74) is 3.04. The maximum atomic E-state index is 13.5. The summed E-state index contributed by atoms with van der Waals surface area (Å²) in [6, 6.07) is 18.2. The molecule has 6 heteroatoms. The second kappa shape index (κ2) is 9.28. The molecule has 3 heterocycles. The number of carbonyl (C=O) groups excluding carboxylic acids is 1. The molecule has 1 aromatic heterocycles. The van der Waals surface area contributed by atoms with Crippen LogP contribution >= 0.6 is 0 Å². The predicted octanol–water partition coefficient (Wildman–Crippen LogP) is 4.46. The minimum atomic E-state index is -0.797. The first-order valence-corrected chi connectivity index (χ1v) is 12.0. The molecule has 2 aromatic carbocycles. The van der Waals surface area contributed by atoms with Crippen LogP contribution < -0.4 is 4.74 Å². The van der Waals surface area contributed by atoms with Gasteiger partial charge in [0.15, 0.2) is 5.72 Å². The summed E-state index contributed by atoms with van der Waals surface area (Å²) < 4.78 is 14.0. The first-order valence-electron chi connectivity index (χ1n) is 12.0. The van der Waals surface area contributed by atoms with Crippen molar-refractivity contribution in [3.63, 3.8) is 0 Å². The molecule has 1 fully saturated rings. The number of ether oxygens (including phenoxy) is 2. The lowest BCUT2D eigenvalue weighted by atomic mass is 9.79. The molecule has 178 valence electrons. The van der Waals surface area contributed by atoms with Gasteiger partial charge in [-0.3, -0.25) is 4.79 Å². The average molecular weight is 460 g/mol. The van der Waals surface area contributed by atoms with Crippen molar-refractivity contribution < 1.29 is 14.3 Å². The molecule has 0 saturated carbocycles. The van der Waals surface area contributed by atoms with Gasteiger partial charge in [-0.05, 0) is 60.8 Å². The Labute approximate surface area is 201 Å². The minimum Gasteiger partial charge on any atom is -0.497 e. The van der Waals surface area contributed by atoms with E-state index in [9.17, 15) is 4.79 Å². The van der Waals surface area contributed by atoms with Crippen molar-refractivity contribution in [2.45, 2.75) is 25.1 Å². The number of likely N-dealkylation sites (tertiary alicyclic amines) is 1. The van der Waals surface area contributed by atoms with Crippen molar-refractivity contribution in [2.24, 2.45) is 5.92 Å². The second-order valence-electron chi connectivity index (χ2n) is 9.28. The zero-order valence-corrected chi connectivity index (χ0v) is 20.2. The van der Waals surface area contributed by atoms with Crippen molar-refractivity contribution in [1.29, 1.82) is 0 Å². The molecule has 0 aliphatic carbocycles. The van der Waals surface area contributed by atoms with Crippen molar-refractivity contribution in [1.82, 2.24) is 14.4 Å². The van der Waals surface area contributed by atoms with E-state index in [2.05, 4.69) is 52.2 Å². The lowest BCUT2D eigenvalue weighted by Crippen LogP contribution is -2.54. The van der Waals surface area contributed by atoms with Crippen molar-refractivity contribution >= 4 is 5.91 Å². The van der Waals surface area contributed by atoms with Crippen molar-refractivity contribution in [2.75, 3.05) is 40.9 Å². The summed E-state index contributed by atoms with van der Waals surface area (Å²) in [4.78, 5) is 17.8. The average Bonchev–Trinajstić information content (AvgIpc) is 3.49. The number of amides is 1. The zero-order valence-electron chi connectivity index (χ0n) is 20.2. The Hall–Kier alpha value is -3.09. The van der Waals surface area contributed by atoms with Gasteiger partial charge >= 0.3 is 0 Å². The Kier molecular flexibility index (Phi) is 6.19. The summed E-state index contributed by atoms with van der Waals surface area (Å²) in [6.07, 6.45) is 6.32. The van der Waals surface area contributed by atoms with Gasteiger partial charge in [0.25, 0.3) is 5.91 Å². The third-order valence-electron chi connectivity index (χ3n) is 7.57. The van der Waals surface area contributed by atoms with Gasteiger partial charge in [-0.1, -0.05) is 24.3 Å². The van der Waals surface area contributed by atoms with Crippen LogP contribution in [-0.4, -0.2) is 61.2 Å². The normalized spacial score (nSPS) is 22.7. The summed E-state index contributed by atoms with van der Waals surface area (Å²) in [5.74, 6) is 1.01. The molecular formula is C28H33N3O3. The van der Waals surface area contributed by atoms with E-state index < -0.39 is 5.72 Å². The van der Waals surface area contributed by atoms with E-state index in [1.54, 1.807) is 14.2 Å². The van der Waals surface area contributed by atoms with Gasteiger partial charge in [-0.2, -0.15) is 0 Å². The van der Waals surface area contributed by atoms with E-state index in [0.29, 0.717) is 0 Å². The summed E-state index contributed by atoms with van der Waals surface area (Å²) >= 11 is 0. The fraction of sp³-hybridized carbons (Fsp3) is 0.393. The Morgan fingerprint density at radius 3 is 2.41 bits per heavy atom. The first kappa shape index (κ1) is 22.7. The van der Waals surface area contributed by atoms with E-state index in [1.807, 2.05) is 36.2 Å². The van der Waals surface area contributed by atoms with Crippen LogP contribution in [0.5, 0.6) is 5.75 Å².